The summed E-state index contributed by atoms with van der Waals surface area (Å²) >= 11 is 0. The molecule has 0 atom stereocenters. The molecule has 1 aliphatic rings. The summed E-state index contributed by atoms with van der Waals surface area (Å²) in [5.74, 6) is 0. The van der Waals surface area contributed by atoms with Crippen LogP contribution in [0.3, 0.4) is 0 Å². The summed E-state index contributed by atoms with van der Waals surface area (Å²) in [5.41, 5.74) is 0. The molecule has 0 aliphatic heterocycles. The van der Waals surface area contributed by atoms with Crippen molar-refractivity contribution in [2.75, 3.05) is 0 Å². The van der Waals surface area contributed by atoms with Gasteiger partial charge in [-0.2, -0.15) is 0 Å². The third kappa shape index (κ3) is 21.4. The van der Waals surface area contributed by atoms with E-state index in [9.17, 15) is 0 Å². The minimum atomic E-state index is 1.22. The first-order chi connectivity index (χ1) is 15.0. The number of allylic oxidation sites excluding steroid dienone is 10. The van der Waals surface area contributed by atoms with Crippen LogP contribution in [0.1, 0.15) is 128 Å². The largest absolute Gasteiger partial charge is 0.0845 e. The van der Waals surface area contributed by atoms with Gasteiger partial charge in [0.1, 0.15) is 0 Å². The summed E-state index contributed by atoms with van der Waals surface area (Å²) in [6.07, 6.45) is 50.0. The highest BCUT2D eigenvalue weighted by Gasteiger charge is 1.95. The van der Waals surface area contributed by atoms with Crippen molar-refractivity contribution < 1.29 is 0 Å². The zero-order valence-electron chi connectivity index (χ0n) is 19.9. The van der Waals surface area contributed by atoms with Gasteiger partial charge < -0.3 is 0 Å². The van der Waals surface area contributed by atoms with Gasteiger partial charge in [-0.25, -0.2) is 0 Å². The van der Waals surface area contributed by atoms with Crippen molar-refractivity contribution in [3.05, 3.63) is 60.8 Å². The predicted octanol–water partition coefficient (Wildman–Crippen LogP) is 10.6. The second kappa shape index (κ2) is 24.0. The molecule has 0 fully saturated rings. The topological polar surface area (TPSA) is 0 Å². The molecule has 0 saturated heterocycles. The SMILES string of the molecule is C1=CC=CC=CCCCCCCCCCCCCCCCCCCCCC=CC=C1. The van der Waals surface area contributed by atoms with Crippen molar-refractivity contribution in [1.82, 2.24) is 0 Å². The lowest BCUT2D eigenvalue weighted by Crippen LogP contribution is -1.84. The third-order valence-corrected chi connectivity index (χ3v) is 6.04. The van der Waals surface area contributed by atoms with E-state index in [1.807, 2.05) is 0 Å². The molecule has 0 aromatic rings. The molecular formula is C30H50. The van der Waals surface area contributed by atoms with Gasteiger partial charge in [-0.05, 0) is 25.7 Å². The van der Waals surface area contributed by atoms with E-state index in [0.29, 0.717) is 0 Å². The van der Waals surface area contributed by atoms with Crippen molar-refractivity contribution in [2.24, 2.45) is 0 Å². The highest BCUT2D eigenvalue weighted by atomic mass is 14.0. The van der Waals surface area contributed by atoms with Crippen LogP contribution in [-0.4, -0.2) is 0 Å². The molecule has 1 rings (SSSR count). The summed E-state index contributed by atoms with van der Waals surface area (Å²) in [7, 11) is 0. The Morgan fingerprint density at radius 1 is 0.200 bits per heavy atom. The highest BCUT2D eigenvalue weighted by Crippen LogP contribution is 2.15. The molecule has 0 heterocycles. The van der Waals surface area contributed by atoms with Gasteiger partial charge in [-0.15, -0.1) is 0 Å². The molecule has 0 amide bonds. The molecular weight excluding hydrogens is 360 g/mol. The van der Waals surface area contributed by atoms with Crippen molar-refractivity contribution in [1.29, 1.82) is 0 Å². The summed E-state index contributed by atoms with van der Waals surface area (Å²) in [6.45, 7) is 0. The van der Waals surface area contributed by atoms with Gasteiger partial charge in [-0.3, -0.25) is 0 Å². The van der Waals surface area contributed by atoms with E-state index >= 15 is 0 Å². The van der Waals surface area contributed by atoms with E-state index < -0.39 is 0 Å². The first-order valence-corrected chi connectivity index (χ1v) is 13.3. The minimum Gasteiger partial charge on any atom is -0.0845 e. The Balaban J connectivity index is 2.20. The molecule has 30 heavy (non-hydrogen) atoms. The maximum Gasteiger partial charge on any atom is -0.0348 e. The predicted molar refractivity (Wildman–Crippen MR) is 138 cm³/mol. The van der Waals surface area contributed by atoms with Gasteiger partial charge in [0.05, 0.1) is 0 Å². The molecule has 0 aromatic heterocycles. The molecule has 0 aromatic carbocycles. The lowest BCUT2D eigenvalue weighted by Gasteiger charge is -2.04. The highest BCUT2D eigenvalue weighted by molar-refractivity contribution is 5.17. The van der Waals surface area contributed by atoms with E-state index in [2.05, 4.69) is 60.8 Å². The van der Waals surface area contributed by atoms with Gasteiger partial charge in [0.2, 0.25) is 0 Å². The fourth-order valence-electron chi connectivity index (χ4n) is 4.09. The van der Waals surface area contributed by atoms with Crippen LogP contribution >= 0.6 is 0 Å². The molecule has 1 aliphatic carbocycles. The zero-order chi connectivity index (χ0) is 21.2. The van der Waals surface area contributed by atoms with Crippen LogP contribution in [0.2, 0.25) is 0 Å². The van der Waals surface area contributed by atoms with Crippen LogP contribution in [0, 0.1) is 0 Å². The van der Waals surface area contributed by atoms with E-state index in [1.54, 1.807) is 0 Å². The van der Waals surface area contributed by atoms with Gasteiger partial charge in [0.15, 0.2) is 0 Å². The van der Waals surface area contributed by atoms with Crippen LogP contribution in [0.5, 0.6) is 0 Å². The smallest absolute Gasteiger partial charge is 0.0348 e. The minimum absolute atomic E-state index is 1.22. The molecule has 0 N–H and O–H groups in total. The second-order valence-corrected chi connectivity index (χ2v) is 8.95. The molecule has 0 heteroatoms. The standard InChI is InChI=1S/C30H50/c1-2-4-6-8-10-12-14-16-18-20-22-24-26-28-30-29-27-25-23-21-19-17-15-13-11-9-7-5-3-1/h1-10H,11-30H2. The summed E-state index contributed by atoms with van der Waals surface area (Å²) in [6, 6.07) is 0. The first kappa shape index (κ1) is 26.7. The first-order valence-electron chi connectivity index (χ1n) is 13.3. The Kier molecular flexibility index (Phi) is 21.4. The summed E-state index contributed by atoms with van der Waals surface area (Å²) < 4.78 is 0. The van der Waals surface area contributed by atoms with Gasteiger partial charge in [0, 0.05) is 0 Å². The normalized spacial score (nSPS) is 21.3. The third-order valence-electron chi connectivity index (χ3n) is 6.04. The molecule has 0 nitrogen and oxygen atoms in total. The van der Waals surface area contributed by atoms with Crippen LogP contribution in [0.25, 0.3) is 0 Å². The molecule has 0 radical (unpaired) electrons. The van der Waals surface area contributed by atoms with E-state index in [-0.39, 0.29) is 0 Å². The van der Waals surface area contributed by atoms with Crippen molar-refractivity contribution in [2.45, 2.75) is 128 Å². The van der Waals surface area contributed by atoms with Crippen molar-refractivity contribution >= 4 is 0 Å². The lowest BCUT2D eigenvalue weighted by molar-refractivity contribution is 0.524. The quantitative estimate of drug-likeness (QED) is 0.372. The number of hydrogen-bond donors (Lipinski definition) is 0. The molecule has 170 valence electrons. The Hall–Kier alpha value is -1.30. The van der Waals surface area contributed by atoms with Crippen LogP contribution < -0.4 is 0 Å². The Morgan fingerprint density at radius 2 is 0.400 bits per heavy atom. The average Bonchev–Trinajstić information content (AvgIpc) is 2.76. The second-order valence-electron chi connectivity index (χ2n) is 8.95. The Bertz CT molecular complexity index is 430. The van der Waals surface area contributed by atoms with E-state index in [1.165, 1.54) is 128 Å². The summed E-state index contributed by atoms with van der Waals surface area (Å²) in [4.78, 5) is 0. The van der Waals surface area contributed by atoms with E-state index in [0.717, 1.165) is 0 Å². The maximum atomic E-state index is 2.31. The Labute approximate surface area is 189 Å². The van der Waals surface area contributed by atoms with E-state index in [4.69, 9.17) is 0 Å². The van der Waals surface area contributed by atoms with Gasteiger partial charge in [-0.1, -0.05) is 163 Å². The van der Waals surface area contributed by atoms with Crippen LogP contribution in [0.4, 0.5) is 0 Å². The van der Waals surface area contributed by atoms with Crippen molar-refractivity contribution in [3.63, 3.8) is 0 Å². The molecule has 0 unspecified atom stereocenters. The summed E-state index contributed by atoms with van der Waals surface area (Å²) in [5, 5.41) is 0. The van der Waals surface area contributed by atoms with Crippen LogP contribution in [0.15, 0.2) is 60.8 Å². The Morgan fingerprint density at radius 3 is 0.667 bits per heavy atom. The number of rotatable bonds is 0. The van der Waals surface area contributed by atoms with Crippen LogP contribution in [-0.2, 0) is 0 Å². The van der Waals surface area contributed by atoms with Gasteiger partial charge in [0.25, 0.3) is 0 Å². The monoisotopic (exact) mass is 410 g/mol. The maximum absolute atomic E-state index is 2.31. The van der Waals surface area contributed by atoms with Crippen molar-refractivity contribution in [3.8, 4) is 0 Å². The average molecular weight is 411 g/mol. The molecule has 0 bridgehead atoms. The molecule has 0 spiro atoms. The van der Waals surface area contributed by atoms with Gasteiger partial charge >= 0.3 is 0 Å². The molecule has 0 saturated carbocycles. The lowest BCUT2D eigenvalue weighted by atomic mass is 10.0. The zero-order valence-corrected chi connectivity index (χ0v) is 19.9. The fraction of sp³-hybridized carbons (Fsp3) is 0.667. The fourth-order valence-corrected chi connectivity index (χ4v) is 4.09. The number of hydrogen-bond acceptors (Lipinski definition) is 0.